The van der Waals surface area contributed by atoms with Crippen LogP contribution in [0, 0.1) is 6.92 Å². The van der Waals surface area contributed by atoms with E-state index in [2.05, 4.69) is 4.98 Å². The van der Waals surface area contributed by atoms with Crippen molar-refractivity contribution in [1.82, 2.24) is 4.98 Å². The molecule has 0 saturated heterocycles. The molecule has 2 atom stereocenters. The highest BCUT2D eigenvalue weighted by molar-refractivity contribution is 7.91. The molecule has 1 saturated carbocycles. The van der Waals surface area contributed by atoms with E-state index in [1.54, 1.807) is 0 Å². The van der Waals surface area contributed by atoms with Gasteiger partial charge < -0.3 is 5.73 Å². The maximum atomic E-state index is 11.7. The molecule has 1 aromatic rings. The number of thiazole rings is 1. The van der Waals surface area contributed by atoms with Crippen LogP contribution in [-0.2, 0) is 15.4 Å². The number of hydrogen-bond donors (Lipinski definition) is 1. The molecule has 0 spiro atoms. The van der Waals surface area contributed by atoms with Crippen molar-refractivity contribution < 1.29 is 8.42 Å². The fourth-order valence-electron chi connectivity index (χ4n) is 2.41. The normalized spacial score (nSPS) is 30.8. The zero-order valence-electron chi connectivity index (χ0n) is 9.43. The minimum atomic E-state index is -3.11. The molecule has 2 unspecified atom stereocenters. The fourth-order valence-corrected chi connectivity index (χ4v) is 5.07. The lowest BCUT2D eigenvalue weighted by Gasteiger charge is -2.27. The first-order chi connectivity index (χ1) is 7.34. The summed E-state index contributed by atoms with van der Waals surface area (Å²) in [6.07, 6.45) is 3.48. The second-order valence-electron chi connectivity index (χ2n) is 4.54. The Labute approximate surface area is 99.8 Å². The van der Waals surface area contributed by atoms with E-state index in [1.165, 1.54) is 17.6 Å². The van der Waals surface area contributed by atoms with Crippen molar-refractivity contribution in [3.8, 4) is 0 Å². The minimum Gasteiger partial charge on any atom is -0.318 e. The standard InChI is InChI=1S/C10H16N2O2S2/c1-7-6-15-9(12-7)10(11)5-3-4-8(10)16(2,13)14/h6,8H,3-5,11H2,1-2H3. The van der Waals surface area contributed by atoms with Crippen molar-refractivity contribution >= 4 is 21.2 Å². The molecule has 0 radical (unpaired) electrons. The van der Waals surface area contributed by atoms with Crippen LogP contribution in [0.4, 0.5) is 0 Å². The zero-order valence-corrected chi connectivity index (χ0v) is 11.1. The van der Waals surface area contributed by atoms with Crippen LogP contribution in [-0.4, -0.2) is 24.9 Å². The van der Waals surface area contributed by atoms with Crippen molar-refractivity contribution in [2.45, 2.75) is 37.0 Å². The van der Waals surface area contributed by atoms with E-state index in [9.17, 15) is 8.42 Å². The molecule has 1 aromatic heterocycles. The summed E-state index contributed by atoms with van der Waals surface area (Å²) in [6.45, 7) is 1.90. The lowest BCUT2D eigenvalue weighted by Crippen LogP contribution is -2.47. The van der Waals surface area contributed by atoms with Gasteiger partial charge in [0, 0.05) is 17.3 Å². The first kappa shape index (κ1) is 12.0. The van der Waals surface area contributed by atoms with E-state index >= 15 is 0 Å². The summed E-state index contributed by atoms with van der Waals surface area (Å²) in [5, 5.41) is 2.20. The van der Waals surface area contributed by atoms with Crippen molar-refractivity contribution in [2.24, 2.45) is 5.73 Å². The molecule has 1 heterocycles. The van der Waals surface area contributed by atoms with Gasteiger partial charge in [-0.25, -0.2) is 13.4 Å². The van der Waals surface area contributed by atoms with Gasteiger partial charge in [-0.3, -0.25) is 0 Å². The summed E-state index contributed by atoms with van der Waals surface area (Å²) < 4.78 is 23.5. The van der Waals surface area contributed by atoms with Crippen molar-refractivity contribution in [1.29, 1.82) is 0 Å². The number of aryl methyl sites for hydroxylation is 1. The summed E-state index contributed by atoms with van der Waals surface area (Å²) >= 11 is 1.46. The molecule has 4 nitrogen and oxygen atoms in total. The van der Waals surface area contributed by atoms with Gasteiger partial charge >= 0.3 is 0 Å². The monoisotopic (exact) mass is 260 g/mol. The molecule has 0 aliphatic heterocycles. The Kier molecular flexibility index (Phi) is 2.84. The molecule has 1 fully saturated rings. The molecule has 0 aromatic carbocycles. The van der Waals surface area contributed by atoms with Crippen molar-refractivity contribution in [3.63, 3.8) is 0 Å². The average molecular weight is 260 g/mol. The quantitative estimate of drug-likeness (QED) is 0.867. The molecular formula is C10H16N2O2S2. The van der Waals surface area contributed by atoms with Gasteiger partial charge in [-0.2, -0.15) is 0 Å². The summed E-state index contributed by atoms with van der Waals surface area (Å²) in [5.41, 5.74) is 6.43. The Morgan fingerprint density at radius 2 is 2.31 bits per heavy atom. The summed E-state index contributed by atoms with van der Waals surface area (Å²) in [6, 6.07) is 0. The van der Waals surface area contributed by atoms with E-state index < -0.39 is 20.6 Å². The maximum absolute atomic E-state index is 11.7. The van der Waals surface area contributed by atoms with Crippen LogP contribution >= 0.6 is 11.3 Å². The van der Waals surface area contributed by atoms with Crippen LogP contribution in [0.5, 0.6) is 0 Å². The Balaban J connectivity index is 2.44. The summed E-state index contributed by atoms with van der Waals surface area (Å²) in [4.78, 5) is 4.36. The van der Waals surface area contributed by atoms with Crippen molar-refractivity contribution in [3.05, 3.63) is 16.1 Å². The number of aromatic nitrogens is 1. The molecule has 16 heavy (non-hydrogen) atoms. The predicted molar refractivity (Wildman–Crippen MR) is 65.2 cm³/mol. The van der Waals surface area contributed by atoms with Gasteiger partial charge in [-0.05, 0) is 26.2 Å². The largest absolute Gasteiger partial charge is 0.318 e. The van der Waals surface area contributed by atoms with Crippen LogP contribution in [0.1, 0.15) is 30.0 Å². The molecule has 0 bridgehead atoms. The van der Waals surface area contributed by atoms with Gasteiger partial charge in [0.15, 0.2) is 9.84 Å². The molecule has 6 heteroatoms. The van der Waals surface area contributed by atoms with E-state index in [-0.39, 0.29) is 0 Å². The SMILES string of the molecule is Cc1csc(C2(N)CCCC2S(C)(=O)=O)n1. The number of sulfone groups is 1. The summed E-state index contributed by atoms with van der Waals surface area (Å²) in [7, 11) is -3.11. The first-order valence-corrected chi connectivity index (χ1v) is 8.08. The Morgan fingerprint density at radius 1 is 1.62 bits per heavy atom. The van der Waals surface area contributed by atoms with E-state index in [4.69, 9.17) is 5.73 Å². The van der Waals surface area contributed by atoms with Gasteiger partial charge in [-0.1, -0.05) is 0 Å². The number of hydrogen-bond acceptors (Lipinski definition) is 5. The molecule has 2 rings (SSSR count). The third kappa shape index (κ3) is 1.89. The number of nitrogens with zero attached hydrogens (tertiary/aromatic N) is 1. The molecule has 2 N–H and O–H groups in total. The van der Waals surface area contributed by atoms with E-state index in [0.717, 1.165) is 17.1 Å². The van der Waals surface area contributed by atoms with Crippen LogP contribution in [0.15, 0.2) is 5.38 Å². The van der Waals surface area contributed by atoms with Crippen LogP contribution in [0.3, 0.4) is 0 Å². The number of nitrogens with two attached hydrogens (primary N) is 1. The van der Waals surface area contributed by atoms with Crippen LogP contribution in [0.2, 0.25) is 0 Å². The van der Waals surface area contributed by atoms with E-state index in [0.29, 0.717) is 12.8 Å². The highest BCUT2D eigenvalue weighted by Gasteiger charge is 2.48. The average Bonchev–Trinajstić information content (AvgIpc) is 2.71. The Bertz CT molecular complexity index is 495. The second kappa shape index (κ2) is 3.78. The van der Waals surface area contributed by atoms with Crippen LogP contribution in [0.25, 0.3) is 0 Å². The third-order valence-corrected chi connectivity index (χ3v) is 6.01. The highest BCUT2D eigenvalue weighted by atomic mass is 32.2. The topological polar surface area (TPSA) is 73.1 Å². The fraction of sp³-hybridized carbons (Fsp3) is 0.700. The maximum Gasteiger partial charge on any atom is 0.152 e. The second-order valence-corrected chi connectivity index (χ2v) is 7.63. The minimum absolute atomic E-state index is 0.481. The van der Waals surface area contributed by atoms with Gasteiger partial charge in [-0.15, -0.1) is 11.3 Å². The van der Waals surface area contributed by atoms with Crippen molar-refractivity contribution in [2.75, 3.05) is 6.26 Å². The van der Waals surface area contributed by atoms with Gasteiger partial charge in [0.1, 0.15) is 5.01 Å². The Hall–Kier alpha value is -0.460. The highest BCUT2D eigenvalue weighted by Crippen LogP contribution is 2.41. The predicted octanol–water partition coefficient (Wildman–Crippen LogP) is 1.20. The van der Waals surface area contributed by atoms with Gasteiger partial charge in [0.05, 0.1) is 10.8 Å². The lowest BCUT2D eigenvalue weighted by atomic mass is 10.00. The molecular weight excluding hydrogens is 244 g/mol. The zero-order chi connectivity index (χ0) is 12.0. The lowest BCUT2D eigenvalue weighted by molar-refractivity contribution is 0.449. The molecule has 1 aliphatic rings. The molecule has 90 valence electrons. The first-order valence-electron chi connectivity index (χ1n) is 5.24. The smallest absolute Gasteiger partial charge is 0.152 e. The van der Waals surface area contributed by atoms with E-state index in [1.807, 2.05) is 12.3 Å². The Morgan fingerprint density at radius 3 is 2.81 bits per heavy atom. The molecule has 0 amide bonds. The molecule has 1 aliphatic carbocycles. The number of rotatable bonds is 2. The van der Waals surface area contributed by atoms with Gasteiger partial charge in [0.2, 0.25) is 0 Å². The van der Waals surface area contributed by atoms with Gasteiger partial charge in [0.25, 0.3) is 0 Å². The summed E-state index contributed by atoms with van der Waals surface area (Å²) in [5.74, 6) is 0. The van der Waals surface area contributed by atoms with Crippen LogP contribution < -0.4 is 5.73 Å². The third-order valence-electron chi connectivity index (χ3n) is 3.17.